The van der Waals surface area contributed by atoms with Crippen molar-refractivity contribution in [3.05, 3.63) is 0 Å². The average Bonchev–Trinajstić information content (AvgIpc) is 2.13. The van der Waals surface area contributed by atoms with Crippen LogP contribution in [0.1, 0.15) is 19.8 Å². The molecular formula is C8H17NO2Si. The first-order chi connectivity index (χ1) is 5.74. The monoisotopic (exact) mass is 187 g/mol. The molecule has 0 aliphatic rings. The minimum absolute atomic E-state index is 0.536. The van der Waals surface area contributed by atoms with Crippen molar-refractivity contribution < 1.29 is 8.85 Å². The highest BCUT2D eigenvalue weighted by Crippen LogP contribution is 2.20. The first kappa shape index (κ1) is 11.6. The van der Waals surface area contributed by atoms with E-state index in [1.54, 1.807) is 14.2 Å². The van der Waals surface area contributed by atoms with Gasteiger partial charge in [-0.25, -0.2) is 0 Å². The molecule has 0 aromatic carbocycles. The van der Waals surface area contributed by atoms with E-state index < -0.39 is 8.56 Å². The van der Waals surface area contributed by atoms with Crippen LogP contribution in [-0.4, -0.2) is 22.8 Å². The summed E-state index contributed by atoms with van der Waals surface area (Å²) >= 11 is 0. The minimum atomic E-state index is -1.99. The molecule has 0 heterocycles. The van der Waals surface area contributed by atoms with Gasteiger partial charge in [-0.2, -0.15) is 5.26 Å². The van der Waals surface area contributed by atoms with Crippen LogP contribution in [0.2, 0.25) is 12.1 Å². The number of nitriles is 1. The van der Waals surface area contributed by atoms with Gasteiger partial charge in [-0.15, -0.1) is 0 Å². The Hall–Kier alpha value is -0.373. The third kappa shape index (κ3) is 3.35. The molecule has 0 amide bonds. The molecule has 3 nitrogen and oxygen atoms in total. The molecule has 0 N–H and O–H groups in total. The van der Waals surface area contributed by atoms with Crippen molar-refractivity contribution in [2.45, 2.75) is 31.9 Å². The van der Waals surface area contributed by atoms with E-state index in [9.17, 15) is 0 Å². The van der Waals surface area contributed by atoms with Gasteiger partial charge >= 0.3 is 8.56 Å². The molecule has 0 saturated carbocycles. The fourth-order valence-corrected chi connectivity index (χ4v) is 3.73. The molecule has 0 aromatic heterocycles. The Morgan fingerprint density at radius 3 is 2.17 bits per heavy atom. The largest absolute Gasteiger partial charge is 0.398 e. The van der Waals surface area contributed by atoms with E-state index in [0.29, 0.717) is 6.42 Å². The highest BCUT2D eigenvalue weighted by molar-refractivity contribution is 6.67. The number of hydrogen-bond donors (Lipinski definition) is 0. The molecule has 0 saturated heterocycles. The van der Waals surface area contributed by atoms with Gasteiger partial charge in [0.05, 0.1) is 6.07 Å². The molecule has 12 heavy (non-hydrogen) atoms. The highest BCUT2D eigenvalue weighted by atomic mass is 28.4. The van der Waals surface area contributed by atoms with E-state index >= 15 is 0 Å². The number of rotatable bonds is 6. The standard InChI is InChI=1S/C8H17NO2Si/c1-4-7-12(10-2,11-3)8-5-6-9/h4-5,7-8H2,1-3H3. The van der Waals surface area contributed by atoms with Gasteiger partial charge in [-0.05, 0) is 6.04 Å². The van der Waals surface area contributed by atoms with Crippen molar-refractivity contribution in [1.82, 2.24) is 0 Å². The Morgan fingerprint density at radius 1 is 1.25 bits per heavy atom. The zero-order valence-electron chi connectivity index (χ0n) is 8.09. The Labute approximate surface area is 75.5 Å². The van der Waals surface area contributed by atoms with Gasteiger partial charge in [0.1, 0.15) is 0 Å². The zero-order chi connectivity index (χ0) is 9.45. The van der Waals surface area contributed by atoms with Crippen LogP contribution in [-0.2, 0) is 8.85 Å². The van der Waals surface area contributed by atoms with Crippen molar-refractivity contribution in [2.75, 3.05) is 14.2 Å². The van der Waals surface area contributed by atoms with Gasteiger partial charge in [-0.3, -0.25) is 0 Å². The molecule has 0 rings (SSSR count). The van der Waals surface area contributed by atoms with Crippen LogP contribution in [0.4, 0.5) is 0 Å². The fourth-order valence-electron chi connectivity index (χ4n) is 1.24. The van der Waals surface area contributed by atoms with E-state index in [4.69, 9.17) is 14.1 Å². The SMILES string of the molecule is CCC[Si](CCC#N)(OC)OC. The maximum atomic E-state index is 8.45. The van der Waals surface area contributed by atoms with Crippen molar-refractivity contribution in [3.8, 4) is 6.07 Å². The first-order valence-electron chi connectivity index (χ1n) is 4.22. The van der Waals surface area contributed by atoms with E-state index in [-0.39, 0.29) is 0 Å². The van der Waals surface area contributed by atoms with Crippen LogP contribution in [0, 0.1) is 11.3 Å². The highest BCUT2D eigenvalue weighted by Gasteiger charge is 2.33. The topological polar surface area (TPSA) is 42.2 Å². The summed E-state index contributed by atoms with van der Waals surface area (Å²) in [7, 11) is 1.38. The van der Waals surface area contributed by atoms with Crippen LogP contribution < -0.4 is 0 Å². The van der Waals surface area contributed by atoms with Crippen molar-refractivity contribution in [3.63, 3.8) is 0 Å². The third-order valence-electron chi connectivity index (χ3n) is 1.99. The summed E-state index contributed by atoms with van der Waals surface area (Å²) in [5.41, 5.74) is 0. The minimum Gasteiger partial charge on any atom is -0.398 e. The summed E-state index contributed by atoms with van der Waals surface area (Å²) < 4.78 is 10.8. The molecule has 4 heteroatoms. The summed E-state index contributed by atoms with van der Waals surface area (Å²) in [6.07, 6.45) is 1.59. The first-order valence-corrected chi connectivity index (χ1v) is 6.45. The molecule has 0 spiro atoms. The van der Waals surface area contributed by atoms with Gasteiger partial charge in [0.25, 0.3) is 0 Å². The summed E-state index contributed by atoms with van der Waals surface area (Å²) in [6.45, 7) is 2.10. The lowest BCUT2D eigenvalue weighted by Crippen LogP contribution is -2.39. The molecule has 0 aliphatic heterocycles. The molecule has 70 valence electrons. The van der Waals surface area contributed by atoms with Crippen molar-refractivity contribution >= 4 is 8.56 Å². The predicted octanol–water partition coefficient (Wildman–Crippen LogP) is 2.05. The predicted molar refractivity (Wildman–Crippen MR) is 49.9 cm³/mol. The van der Waals surface area contributed by atoms with Gasteiger partial charge in [0, 0.05) is 26.7 Å². The van der Waals surface area contributed by atoms with E-state index in [2.05, 4.69) is 13.0 Å². The number of hydrogen-bond acceptors (Lipinski definition) is 3. The Bertz CT molecular complexity index is 152. The third-order valence-corrected chi connectivity index (χ3v) is 5.75. The van der Waals surface area contributed by atoms with Gasteiger partial charge < -0.3 is 8.85 Å². The average molecular weight is 187 g/mol. The molecule has 0 aromatic rings. The summed E-state index contributed by atoms with van der Waals surface area (Å²) in [6, 6.07) is 3.88. The lowest BCUT2D eigenvalue weighted by molar-refractivity contribution is 0.241. The van der Waals surface area contributed by atoms with Gasteiger partial charge in [0.2, 0.25) is 0 Å². The fraction of sp³-hybridized carbons (Fsp3) is 0.875. The van der Waals surface area contributed by atoms with Crippen LogP contribution in [0.3, 0.4) is 0 Å². The maximum absolute atomic E-state index is 8.45. The quantitative estimate of drug-likeness (QED) is 0.598. The molecule has 0 atom stereocenters. The second-order valence-corrected chi connectivity index (χ2v) is 6.36. The lowest BCUT2D eigenvalue weighted by Gasteiger charge is -2.25. The lowest BCUT2D eigenvalue weighted by atomic mass is 10.6. The van der Waals surface area contributed by atoms with E-state index in [1.807, 2.05) is 0 Å². The summed E-state index contributed by atoms with van der Waals surface area (Å²) in [5.74, 6) is 0. The molecule has 0 unspecified atom stereocenters. The Balaban J connectivity index is 4.06. The van der Waals surface area contributed by atoms with Crippen molar-refractivity contribution in [1.29, 1.82) is 5.26 Å². The molecule has 0 bridgehead atoms. The van der Waals surface area contributed by atoms with Crippen LogP contribution in [0.25, 0.3) is 0 Å². The van der Waals surface area contributed by atoms with Gasteiger partial charge in [-0.1, -0.05) is 13.3 Å². The van der Waals surface area contributed by atoms with Crippen LogP contribution in [0.5, 0.6) is 0 Å². The molecule has 0 aliphatic carbocycles. The summed E-state index contributed by atoms with van der Waals surface area (Å²) in [4.78, 5) is 0. The zero-order valence-corrected chi connectivity index (χ0v) is 9.09. The maximum Gasteiger partial charge on any atom is 0.338 e. The van der Waals surface area contributed by atoms with E-state index in [0.717, 1.165) is 18.5 Å². The van der Waals surface area contributed by atoms with E-state index in [1.165, 1.54) is 0 Å². The Morgan fingerprint density at radius 2 is 1.83 bits per heavy atom. The second kappa shape index (κ2) is 6.18. The molecular weight excluding hydrogens is 170 g/mol. The summed E-state index contributed by atoms with van der Waals surface area (Å²) in [5, 5.41) is 8.45. The number of nitrogens with zero attached hydrogens (tertiary/aromatic N) is 1. The van der Waals surface area contributed by atoms with Crippen molar-refractivity contribution in [2.24, 2.45) is 0 Å². The molecule has 0 radical (unpaired) electrons. The normalized spacial score (nSPS) is 11.2. The smallest absolute Gasteiger partial charge is 0.338 e. The molecule has 0 fully saturated rings. The second-order valence-electron chi connectivity index (χ2n) is 2.73. The van der Waals surface area contributed by atoms with Gasteiger partial charge in [0.15, 0.2) is 0 Å². The Kier molecular flexibility index (Phi) is 5.99. The van der Waals surface area contributed by atoms with Crippen LogP contribution in [0.15, 0.2) is 0 Å². The van der Waals surface area contributed by atoms with Crippen LogP contribution >= 0.6 is 0 Å².